The minimum Gasteiger partial charge on any atom is -0.332 e. The summed E-state index contributed by atoms with van der Waals surface area (Å²) in [5.41, 5.74) is 4.03. The quantitative estimate of drug-likeness (QED) is 0.529. The van der Waals surface area contributed by atoms with E-state index in [9.17, 15) is 8.42 Å². The molecule has 7 nitrogen and oxygen atoms in total. The first-order valence-electron chi connectivity index (χ1n) is 8.81. The van der Waals surface area contributed by atoms with Crippen molar-refractivity contribution in [2.75, 3.05) is 15.4 Å². The van der Waals surface area contributed by atoms with Gasteiger partial charge < -0.3 is 10.6 Å². The monoisotopic (exact) mass is 427 g/mol. The van der Waals surface area contributed by atoms with Gasteiger partial charge in [0.1, 0.15) is 0 Å². The first kappa shape index (κ1) is 20.7. The van der Waals surface area contributed by atoms with Crippen molar-refractivity contribution < 1.29 is 8.42 Å². The Balaban J connectivity index is 1.67. The zero-order valence-corrected chi connectivity index (χ0v) is 17.9. The molecule has 3 N–H and O–H groups in total. The molecule has 0 saturated carbocycles. The van der Waals surface area contributed by atoms with Crippen molar-refractivity contribution in [3.8, 4) is 0 Å². The van der Waals surface area contributed by atoms with E-state index in [2.05, 4.69) is 25.3 Å². The molecule has 3 rings (SSSR count). The first-order valence-corrected chi connectivity index (χ1v) is 10.7. The third-order valence-corrected chi connectivity index (χ3v) is 5.45. The summed E-state index contributed by atoms with van der Waals surface area (Å²) in [6, 6.07) is 15.9. The Bertz CT molecular complexity index is 1130. The van der Waals surface area contributed by atoms with Crippen molar-refractivity contribution in [1.82, 2.24) is 9.97 Å². The van der Waals surface area contributed by atoms with Gasteiger partial charge in [-0.15, -0.1) is 0 Å². The van der Waals surface area contributed by atoms with Crippen molar-refractivity contribution in [3.05, 3.63) is 71.5 Å². The van der Waals surface area contributed by atoms with Crippen molar-refractivity contribution in [1.29, 1.82) is 0 Å². The molecule has 0 bridgehead atoms. The van der Waals surface area contributed by atoms with Crippen molar-refractivity contribution in [3.63, 3.8) is 0 Å². The van der Waals surface area contributed by atoms with Crippen LogP contribution in [0, 0.1) is 20.8 Å². The molecular formula is C20H21N5O2S2. The van der Waals surface area contributed by atoms with Crippen LogP contribution >= 0.6 is 12.2 Å². The van der Waals surface area contributed by atoms with Crippen LogP contribution in [0.4, 0.5) is 17.3 Å². The van der Waals surface area contributed by atoms with Crippen molar-refractivity contribution in [2.24, 2.45) is 0 Å². The van der Waals surface area contributed by atoms with E-state index in [4.69, 9.17) is 12.2 Å². The van der Waals surface area contributed by atoms with Crippen LogP contribution in [0.15, 0.2) is 59.5 Å². The predicted molar refractivity (Wildman–Crippen MR) is 120 cm³/mol. The SMILES string of the molecule is Cc1cccc(NC(=S)Nc2ccc(S(=O)(=O)Nc3nc(C)cc(C)n3)cc2)c1. The first-order chi connectivity index (χ1) is 13.7. The molecule has 1 heterocycles. The number of sulfonamides is 1. The highest BCUT2D eigenvalue weighted by atomic mass is 32.2. The van der Waals surface area contributed by atoms with Gasteiger partial charge in [-0.25, -0.2) is 23.1 Å². The number of nitrogens with one attached hydrogen (secondary N) is 3. The van der Waals surface area contributed by atoms with Gasteiger partial charge in [0, 0.05) is 22.8 Å². The molecule has 9 heteroatoms. The van der Waals surface area contributed by atoms with Crippen molar-refractivity contribution in [2.45, 2.75) is 25.7 Å². The fourth-order valence-electron chi connectivity index (χ4n) is 2.68. The Morgan fingerprint density at radius 2 is 1.48 bits per heavy atom. The van der Waals surface area contributed by atoms with E-state index in [1.165, 1.54) is 12.1 Å². The van der Waals surface area contributed by atoms with Gasteiger partial charge in [-0.1, -0.05) is 12.1 Å². The maximum atomic E-state index is 12.6. The Morgan fingerprint density at radius 3 is 2.10 bits per heavy atom. The van der Waals surface area contributed by atoms with Crippen LogP contribution in [-0.4, -0.2) is 23.5 Å². The molecule has 0 saturated heterocycles. The van der Waals surface area contributed by atoms with E-state index in [0.717, 1.165) is 11.3 Å². The summed E-state index contributed by atoms with van der Waals surface area (Å²) in [5.74, 6) is 0.0493. The maximum Gasteiger partial charge on any atom is 0.264 e. The number of anilines is 3. The van der Waals surface area contributed by atoms with E-state index in [1.807, 2.05) is 31.2 Å². The summed E-state index contributed by atoms with van der Waals surface area (Å²) in [5, 5.41) is 6.54. The lowest BCUT2D eigenvalue weighted by Crippen LogP contribution is -2.19. The van der Waals surface area contributed by atoms with Crippen LogP contribution in [0.3, 0.4) is 0 Å². The number of aromatic nitrogens is 2. The lowest BCUT2D eigenvalue weighted by molar-refractivity contribution is 0.601. The third kappa shape index (κ3) is 5.72. The third-order valence-electron chi connectivity index (χ3n) is 3.91. The standard InChI is InChI=1S/C20H21N5O2S2/c1-13-5-4-6-17(11-13)24-20(28)23-16-7-9-18(10-8-16)29(26,27)25-19-21-14(2)12-15(3)22-19/h4-12H,1-3H3,(H,21,22,25)(H2,23,24,28). The fraction of sp³-hybridized carbons (Fsp3) is 0.150. The molecular weight excluding hydrogens is 406 g/mol. The van der Waals surface area contributed by atoms with Gasteiger partial charge in [0.05, 0.1) is 4.90 Å². The summed E-state index contributed by atoms with van der Waals surface area (Å²) in [4.78, 5) is 8.32. The highest BCUT2D eigenvalue weighted by Crippen LogP contribution is 2.18. The number of aryl methyl sites for hydroxylation is 3. The molecule has 3 aromatic rings. The smallest absolute Gasteiger partial charge is 0.264 e. The lowest BCUT2D eigenvalue weighted by Gasteiger charge is -2.12. The highest BCUT2D eigenvalue weighted by Gasteiger charge is 2.16. The Kier molecular flexibility index (Phi) is 6.09. The number of rotatable bonds is 5. The molecule has 150 valence electrons. The molecule has 0 aliphatic carbocycles. The molecule has 0 fully saturated rings. The molecule has 0 unspecified atom stereocenters. The van der Waals surface area contributed by atoms with Crippen LogP contribution < -0.4 is 15.4 Å². The molecule has 0 aliphatic heterocycles. The zero-order chi connectivity index (χ0) is 21.0. The Labute approximate surface area is 175 Å². The molecule has 0 radical (unpaired) electrons. The van der Waals surface area contributed by atoms with Gasteiger partial charge in [0.2, 0.25) is 5.95 Å². The molecule has 1 aromatic heterocycles. The van der Waals surface area contributed by atoms with Crippen LogP contribution in [-0.2, 0) is 10.0 Å². The second-order valence-electron chi connectivity index (χ2n) is 6.55. The topological polar surface area (TPSA) is 96.0 Å². The van der Waals surface area contributed by atoms with Crippen LogP contribution in [0.5, 0.6) is 0 Å². The summed E-state index contributed by atoms with van der Waals surface area (Å²) >= 11 is 5.31. The van der Waals surface area contributed by atoms with Crippen LogP contribution in [0.25, 0.3) is 0 Å². The second kappa shape index (κ2) is 8.54. The fourth-order valence-corrected chi connectivity index (χ4v) is 3.86. The lowest BCUT2D eigenvalue weighted by atomic mass is 10.2. The zero-order valence-electron chi connectivity index (χ0n) is 16.2. The molecule has 29 heavy (non-hydrogen) atoms. The highest BCUT2D eigenvalue weighted by molar-refractivity contribution is 7.92. The van der Waals surface area contributed by atoms with E-state index >= 15 is 0 Å². The van der Waals surface area contributed by atoms with Gasteiger partial charge >= 0.3 is 0 Å². The van der Waals surface area contributed by atoms with E-state index in [0.29, 0.717) is 22.2 Å². The van der Waals surface area contributed by atoms with E-state index in [1.54, 1.807) is 32.0 Å². The van der Waals surface area contributed by atoms with Crippen molar-refractivity contribution >= 4 is 44.7 Å². The number of thiocarbonyl (C=S) groups is 1. The molecule has 0 amide bonds. The molecule has 2 aromatic carbocycles. The number of hydrogen-bond acceptors (Lipinski definition) is 5. The minimum absolute atomic E-state index is 0.0493. The van der Waals surface area contributed by atoms with E-state index in [-0.39, 0.29) is 10.8 Å². The van der Waals surface area contributed by atoms with E-state index < -0.39 is 10.0 Å². The Hall–Kier alpha value is -3.04. The average molecular weight is 428 g/mol. The minimum atomic E-state index is -3.80. The number of benzene rings is 2. The van der Waals surface area contributed by atoms with Gasteiger partial charge in [-0.2, -0.15) is 0 Å². The normalized spacial score (nSPS) is 11.0. The number of nitrogens with zero attached hydrogens (tertiary/aromatic N) is 2. The van der Waals surface area contributed by atoms with Gasteiger partial charge in [0.15, 0.2) is 5.11 Å². The van der Waals surface area contributed by atoms with Crippen LogP contribution in [0.1, 0.15) is 17.0 Å². The molecule has 0 atom stereocenters. The van der Waals surface area contributed by atoms with Gasteiger partial charge in [0.25, 0.3) is 10.0 Å². The molecule has 0 aliphatic rings. The predicted octanol–water partition coefficient (Wildman–Crippen LogP) is 4.01. The second-order valence-corrected chi connectivity index (χ2v) is 8.64. The van der Waals surface area contributed by atoms with Gasteiger partial charge in [-0.3, -0.25) is 0 Å². The molecule has 0 spiro atoms. The summed E-state index contributed by atoms with van der Waals surface area (Å²) in [6.07, 6.45) is 0. The summed E-state index contributed by atoms with van der Waals surface area (Å²) in [6.45, 7) is 5.55. The number of hydrogen-bond donors (Lipinski definition) is 3. The summed E-state index contributed by atoms with van der Waals surface area (Å²) < 4.78 is 27.6. The largest absolute Gasteiger partial charge is 0.332 e. The summed E-state index contributed by atoms with van der Waals surface area (Å²) in [7, 11) is -3.80. The Morgan fingerprint density at radius 1 is 0.862 bits per heavy atom. The maximum absolute atomic E-state index is 12.6. The average Bonchev–Trinajstić information content (AvgIpc) is 2.60. The van der Waals surface area contributed by atoms with Crippen LogP contribution in [0.2, 0.25) is 0 Å². The van der Waals surface area contributed by atoms with Gasteiger partial charge in [-0.05, 0) is 81.0 Å².